The lowest BCUT2D eigenvalue weighted by atomic mass is 9.83. The molecule has 3 aromatic rings. The van der Waals surface area contributed by atoms with E-state index in [9.17, 15) is 9.59 Å². The van der Waals surface area contributed by atoms with Crippen LogP contribution in [0.1, 0.15) is 21.6 Å². The number of terminal acetylenes is 1. The first kappa shape index (κ1) is 17.1. The summed E-state index contributed by atoms with van der Waals surface area (Å²) in [4.78, 5) is 27.8. The topological polar surface area (TPSA) is 42.3 Å². The molecular formula is C25H16N2O2. The van der Waals surface area contributed by atoms with Crippen molar-refractivity contribution >= 4 is 34.7 Å². The van der Waals surface area contributed by atoms with Crippen LogP contribution in [0, 0.1) is 12.3 Å². The highest BCUT2D eigenvalue weighted by molar-refractivity contribution is 6.20. The fourth-order valence-electron chi connectivity index (χ4n) is 4.70. The van der Waals surface area contributed by atoms with Gasteiger partial charge in [-0.25, -0.2) is 0 Å². The number of aldehydes is 1. The van der Waals surface area contributed by atoms with Gasteiger partial charge in [0.1, 0.15) is 0 Å². The zero-order valence-electron chi connectivity index (χ0n) is 15.6. The van der Waals surface area contributed by atoms with Crippen LogP contribution in [0.25, 0.3) is 17.0 Å². The molecular weight excluding hydrogens is 360 g/mol. The van der Waals surface area contributed by atoms with Crippen molar-refractivity contribution in [3.8, 4) is 12.3 Å². The minimum Gasteiger partial charge on any atom is -0.329 e. The lowest BCUT2D eigenvalue weighted by Crippen LogP contribution is -2.49. The van der Waals surface area contributed by atoms with Crippen LogP contribution >= 0.6 is 0 Å². The number of ketones is 1. The number of carbonyl (C=O) groups is 2. The van der Waals surface area contributed by atoms with Gasteiger partial charge in [-0.3, -0.25) is 9.59 Å². The van der Waals surface area contributed by atoms with E-state index in [1.807, 2.05) is 53.1 Å². The molecule has 0 aliphatic carbocycles. The molecule has 1 atom stereocenters. The van der Waals surface area contributed by atoms with Gasteiger partial charge >= 0.3 is 0 Å². The summed E-state index contributed by atoms with van der Waals surface area (Å²) in [5.41, 5.74) is 5.68. The summed E-state index contributed by atoms with van der Waals surface area (Å²) < 4.78 is 1.98. The van der Waals surface area contributed by atoms with Crippen LogP contribution < -0.4 is 4.90 Å². The largest absolute Gasteiger partial charge is 0.329 e. The third-order valence-corrected chi connectivity index (χ3v) is 5.69. The molecule has 1 aromatic heterocycles. The zero-order valence-corrected chi connectivity index (χ0v) is 15.6. The molecule has 29 heavy (non-hydrogen) atoms. The van der Waals surface area contributed by atoms with Crippen LogP contribution in [0.5, 0.6) is 0 Å². The Labute approximate surface area is 168 Å². The third kappa shape index (κ3) is 1.95. The second-order valence-corrected chi connectivity index (χ2v) is 7.05. The summed E-state index contributed by atoms with van der Waals surface area (Å²) in [6.07, 6.45) is 9.97. The number of fused-ring (bicyclic) bond motifs is 7. The van der Waals surface area contributed by atoms with Gasteiger partial charge in [-0.1, -0.05) is 42.8 Å². The van der Waals surface area contributed by atoms with E-state index >= 15 is 0 Å². The first-order chi connectivity index (χ1) is 14.2. The number of nitrogens with zero attached hydrogens (tertiary/aromatic N) is 2. The third-order valence-electron chi connectivity index (χ3n) is 5.69. The standard InChI is InChI=1S/C25H16N2O2/c1-3-13-25-23-20(18-9-5-7-11-21(18)26(23)14-4-2)15-17(16-28)27(25)22-12-8-6-10-19(22)24(25)29/h2,5-13,15-16H,1,14H2. The number of carbonyl (C=O) groups excluding carboxylic acids is 2. The minimum atomic E-state index is -1.26. The van der Waals surface area contributed by atoms with Crippen LogP contribution in [-0.4, -0.2) is 16.6 Å². The van der Waals surface area contributed by atoms with Gasteiger partial charge in [-0.15, -0.1) is 12.2 Å². The summed E-state index contributed by atoms with van der Waals surface area (Å²) >= 11 is 0. The van der Waals surface area contributed by atoms with E-state index < -0.39 is 5.54 Å². The molecule has 3 heterocycles. The number of anilines is 1. The smallest absolute Gasteiger partial charge is 0.201 e. The molecule has 0 spiro atoms. The molecule has 0 radical (unpaired) electrons. The molecule has 1 unspecified atom stereocenters. The van der Waals surface area contributed by atoms with Crippen LogP contribution in [0.15, 0.2) is 72.6 Å². The summed E-state index contributed by atoms with van der Waals surface area (Å²) in [6, 6.07) is 15.1. The number of benzene rings is 2. The molecule has 0 N–H and O–H groups in total. The maximum atomic E-state index is 13.9. The molecule has 5 rings (SSSR count). The highest BCUT2D eigenvalue weighted by Gasteiger charge is 2.56. The Hall–Kier alpha value is -4.06. The Balaban J connectivity index is 2.01. The second kappa shape index (κ2) is 5.97. The predicted molar refractivity (Wildman–Crippen MR) is 113 cm³/mol. The molecule has 4 nitrogen and oxygen atoms in total. The molecule has 2 aliphatic rings. The van der Waals surface area contributed by atoms with Crippen LogP contribution in [0.3, 0.4) is 0 Å². The number of aromatic nitrogens is 1. The lowest BCUT2D eigenvalue weighted by Gasteiger charge is -2.40. The van der Waals surface area contributed by atoms with Crippen LogP contribution in [0.2, 0.25) is 0 Å². The summed E-state index contributed by atoms with van der Waals surface area (Å²) in [7, 11) is 0. The zero-order chi connectivity index (χ0) is 20.2. The van der Waals surface area contributed by atoms with Crippen LogP contribution in [-0.2, 0) is 16.9 Å². The summed E-state index contributed by atoms with van der Waals surface area (Å²) in [5, 5.41) is 0.942. The van der Waals surface area contributed by atoms with E-state index in [1.54, 1.807) is 17.0 Å². The Morgan fingerprint density at radius 2 is 1.90 bits per heavy atom. The monoisotopic (exact) mass is 376 g/mol. The lowest BCUT2D eigenvalue weighted by molar-refractivity contribution is -0.105. The second-order valence-electron chi connectivity index (χ2n) is 7.05. The Bertz CT molecular complexity index is 1340. The Morgan fingerprint density at radius 3 is 2.66 bits per heavy atom. The van der Waals surface area contributed by atoms with Crippen molar-refractivity contribution in [1.29, 1.82) is 0 Å². The molecule has 0 fully saturated rings. The Morgan fingerprint density at radius 1 is 1.14 bits per heavy atom. The quantitative estimate of drug-likeness (QED) is 0.393. The van der Waals surface area contributed by atoms with Crippen molar-refractivity contribution in [3.63, 3.8) is 0 Å². The molecule has 0 amide bonds. The molecule has 138 valence electrons. The van der Waals surface area contributed by atoms with Gasteiger partial charge in [0.05, 0.1) is 23.6 Å². The number of para-hydroxylation sites is 2. The number of allylic oxidation sites excluding steroid dienone is 1. The fourth-order valence-corrected chi connectivity index (χ4v) is 4.70. The normalized spacial score (nSPS) is 18.9. The van der Waals surface area contributed by atoms with E-state index in [-0.39, 0.29) is 5.78 Å². The van der Waals surface area contributed by atoms with Gasteiger partial charge in [-0.2, -0.15) is 0 Å². The predicted octanol–water partition coefficient (Wildman–Crippen LogP) is 4.07. The fraction of sp³-hybridized carbons (Fsp3) is 0.0800. The molecule has 4 heteroatoms. The number of hydrogen-bond acceptors (Lipinski definition) is 3. The van der Waals surface area contributed by atoms with Gasteiger partial charge < -0.3 is 9.47 Å². The van der Waals surface area contributed by atoms with E-state index in [0.29, 0.717) is 23.5 Å². The number of rotatable bonds is 3. The van der Waals surface area contributed by atoms with E-state index in [2.05, 4.69) is 18.2 Å². The SMILES string of the molecule is C#CCn1c2c(c3ccccc31)C=C(C=O)N1c3ccccc3C(=O)C21C=C=C. The highest BCUT2D eigenvalue weighted by Crippen LogP contribution is 2.53. The first-order valence-electron chi connectivity index (χ1n) is 9.22. The maximum absolute atomic E-state index is 13.9. The van der Waals surface area contributed by atoms with Gasteiger partial charge in [0.2, 0.25) is 5.78 Å². The van der Waals surface area contributed by atoms with Crippen LogP contribution in [0.4, 0.5) is 5.69 Å². The van der Waals surface area contributed by atoms with Crippen molar-refractivity contribution in [2.24, 2.45) is 0 Å². The van der Waals surface area contributed by atoms with Gasteiger partial charge in [0.15, 0.2) is 11.8 Å². The number of Topliss-reactive ketones (excluding diaryl/α,β-unsaturated/α-hetero) is 1. The molecule has 2 aromatic carbocycles. The molecule has 0 saturated heterocycles. The van der Waals surface area contributed by atoms with E-state index in [0.717, 1.165) is 28.4 Å². The van der Waals surface area contributed by atoms with Crippen molar-refractivity contribution in [2.45, 2.75) is 12.1 Å². The number of hydrogen-bond donors (Lipinski definition) is 0. The van der Waals surface area contributed by atoms with Crippen molar-refractivity contribution in [2.75, 3.05) is 4.90 Å². The van der Waals surface area contributed by atoms with E-state index in [4.69, 9.17) is 6.42 Å². The minimum absolute atomic E-state index is 0.126. The van der Waals surface area contributed by atoms with E-state index in [1.165, 1.54) is 0 Å². The van der Waals surface area contributed by atoms with Crippen molar-refractivity contribution in [3.05, 3.63) is 89.4 Å². The summed E-state index contributed by atoms with van der Waals surface area (Å²) in [6.45, 7) is 4.04. The van der Waals surface area contributed by atoms with Crippen molar-refractivity contribution in [1.82, 2.24) is 4.57 Å². The van der Waals surface area contributed by atoms with Crippen molar-refractivity contribution < 1.29 is 9.59 Å². The first-order valence-corrected chi connectivity index (χ1v) is 9.22. The highest BCUT2D eigenvalue weighted by atomic mass is 16.1. The average Bonchev–Trinajstić information content (AvgIpc) is 3.20. The van der Waals surface area contributed by atoms with Gasteiger partial charge in [0, 0.05) is 22.0 Å². The summed E-state index contributed by atoms with van der Waals surface area (Å²) in [5.74, 6) is 2.58. The maximum Gasteiger partial charge on any atom is 0.201 e. The molecule has 0 saturated carbocycles. The Kier molecular flexibility index (Phi) is 3.51. The van der Waals surface area contributed by atoms with Gasteiger partial charge in [-0.05, 0) is 30.4 Å². The average molecular weight is 376 g/mol. The molecule has 2 aliphatic heterocycles. The van der Waals surface area contributed by atoms with Gasteiger partial charge in [0.25, 0.3) is 0 Å². The molecule has 0 bridgehead atoms.